The topological polar surface area (TPSA) is 79.5 Å². The van der Waals surface area contributed by atoms with Crippen LogP contribution in [0.25, 0.3) is 0 Å². The molecule has 2 aromatic rings. The van der Waals surface area contributed by atoms with E-state index >= 15 is 0 Å². The van der Waals surface area contributed by atoms with Gasteiger partial charge in [0.05, 0.1) is 18.2 Å². The van der Waals surface area contributed by atoms with Crippen molar-refractivity contribution in [2.45, 2.75) is 25.9 Å². The highest BCUT2D eigenvalue weighted by atomic mass is 16.3. The van der Waals surface area contributed by atoms with Gasteiger partial charge in [-0.15, -0.1) is 0 Å². The summed E-state index contributed by atoms with van der Waals surface area (Å²) in [5.74, 6) is -0.392. The maximum atomic E-state index is 12.5. The number of nitrogens with one attached hydrogen (secondary N) is 1. The van der Waals surface area contributed by atoms with E-state index in [1.807, 2.05) is 0 Å². The van der Waals surface area contributed by atoms with Crippen LogP contribution in [0, 0.1) is 13.8 Å². The van der Waals surface area contributed by atoms with Gasteiger partial charge in [-0.05, 0) is 25.5 Å². The van der Waals surface area contributed by atoms with E-state index in [0.29, 0.717) is 28.1 Å². The Labute approximate surface area is 121 Å². The second kappa shape index (κ2) is 4.56. The molecule has 21 heavy (non-hydrogen) atoms. The third kappa shape index (κ3) is 1.97. The largest absolute Gasteiger partial charge is 0.469 e. The van der Waals surface area contributed by atoms with Gasteiger partial charge in [0.25, 0.3) is 5.91 Å². The van der Waals surface area contributed by atoms with Crippen LogP contribution in [0.2, 0.25) is 0 Å². The third-order valence-corrected chi connectivity index (χ3v) is 3.85. The zero-order chi connectivity index (χ0) is 15.2. The molecule has 0 fully saturated rings. The second-order valence-electron chi connectivity index (χ2n) is 5.31. The summed E-state index contributed by atoms with van der Waals surface area (Å²) < 4.78 is 5.21. The van der Waals surface area contributed by atoms with Crippen LogP contribution in [0.5, 0.6) is 0 Å². The molecular formula is C16H15NO4. The van der Waals surface area contributed by atoms with Crippen LogP contribution >= 0.6 is 0 Å². The van der Waals surface area contributed by atoms with Gasteiger partial charge < -0.3 is 14.8 Å². The van der Waals surface area contributed by atoms with Crippen molar-refractivity contribution < 1.29 is 19.1 Å². The van der Waals surface area contributed by atoms with E-state index in [4.69, 9.17) is 4.42 Å². The lowest BCUT2D eigenvalue weighted by atomic mass is 9.87. The van der Waals surface area contributed by atoms with Crippen molar-refractivity contribution in [3.63, 3.8) is 0 Å². The van der Waals surface area contributed by atoms with Crippen LogP contribution < -0.4 is 5.32 Å². The summed E-state index contributed by atoms with van der Waals surface area (Å²) in [7, 11) is 0. The number of ketones is 1. The number of Topliss-reactive ketones (excluding diaryl/α,β-unsaturated/α-hetero) is 1. The number of fused-ring (bicyclic) bond motifs is 1. The fourth-order valence-electron chi connectivity index (χ4n) is 2.79. The summed E-state index contributed by atoms with van der Waals surface area (Å²) in [6, 6.07) is 6.83. The average Bonchev–Trinajstić information content (AvgIpc) is 2.89. The molecule has 2 heterocycles. The molecule has 1 aliphatic rings. The van der Waals surface area contributed by atoms with Crippen molar-refractivity contribution in [2.75, 3.05) is 5.32 Å². The Morgan fingerprint density at radius 3 is 2.71 bits per heavy atom. The second-order valence-corrected chi connectivity index (χ2v) is 5.31. The normalized spacial score (nSPS) is 20.2. The molecule has 0 spiro atoms. The molecule has 1 aliphatic heterocycles. The van der Waals surface area contributed by atoms with E-state index in [2.05, 4.69) is 5.32 Å². The average molecular weight is 285 g/mol. The highest BCUT2D eigenvalue weighted by molar-refractivity contribution is 6.09. The minimum absolute atomic E-state index is 0.308. The summed E-state index contributed by atoms with van der Waals surface area (Å²) in [4.78, 5) is 24.6. The predicted octanol–water partition coefficient (Wildman–Crippen LogP) is 2.31. The molecule has 0 aliphatic carbocycles. The maximum absolute atomic E-state index is 12.5. The standard InChI is InChI=1S/C16H15NO4/c1-9-8-21-10(2)14(9)13(18)7-16(20)11-5-3-4-6-12(11)17-15(16)19/h3-6,8,20H,7H2,1-2H3,(H,17,19). The Morgan fingerprint density at radius 1 is 1.33 bits per heavy atom. The molecule has 0 saturated heterocycles. The third-order valence-electron chi connectivity index (χ3n) is 3.85. The molecule has 0 bridgehead atoms. The van der Waals surface area contributed by atoms with Crippen LogP contribution in [0.1, 0.15) is 33.7 Å². The SMILES string of the molecule is Cc1coc(C)c1C(=O)CC1(O)C(=O)Nc2ccccc21. The van der Waals surface area contributed by atoms with Crippen molar-refractivity contribution in [1.29, 1.82) is 0 Å². The summed E-state index contributed by atoms with van der Waals surface area (Å²) in [6.07, 6.45) is 1.19. The number of rotatable bonds is 3. The summed E-state index contributed by atoms with van der Waals surface area (Å²) in [5.41, 5.74) is 0.276. The van der Waals surface area contributed by atoms with Crippen LogP contribution in [-0.4, -0.2) is 16.8 Å². The maximum Gasteiger partial charge on any atom is 0.261 e. The van der Waals surface area contributed by atoms with Crippen LogP contribution in [-0.2, 0) is 10.4 Å². The van der Waals surface area contributed by atoms with E-state index in [0.717, 1.165) is 0 Å². The smallest absolute Gasteiger partial charge is 0.261 e. The lowest BCUT2D eigenvalue weighted by Gasteiger charge is -2.19. The number of aryl methyl sites for hydroxylation is 2. The van der Waals surface area contributed by atoms with Crippen LogP contribution in [0.15, 0.2) is 34.9 Å². The number of para-hydroxylation sites is 1. The number of furan rings is 1. The van der Waals surface area contributed by atoms with E-state index in [-0.39, 0.29) is 12.2 Å². The summed E-state index contributed by atoms with van der Waals surface area (Å²) in [6.45, 7) is 3.45. The van der Waals surface area contributed by atoms with Crippen molar-refractivity contribution in [3.8, 4) is 0 Å². The number of carbonyl (C=O) groups excluding carboxylic acids is 2. The zero-order valence-electron chi connectivity index (χ0n) is 11.8. The number of anilines is 1. The van der Waals surface area contributed by atoms with Crippen molar-refractivity contribution >= 4 is 17.4 Å². The minimum Gasteiger partial charge on any atom is -0.469 e. The summed E-state index contributed by atoms with van der Waals surface area (Å²) in [5, 5.41) is 13.3. The number of carbonyl (C=O) groups is 2. The van der Waals surface area contributed by atoms with Crippen LogP contribution in [0.4, 0.5) is 5.69 Å². The fraction of sp³-hybridized carbons (Fsp3) is 0.250. The van der Waals surface area contributed by atoms with Gasteiger partial charge in [-0.2, -0.15) is 0 Å². The Hall–Kier alpha value is -2.40. The number of hydrogen-bond acceptors (Lipinski definition) is 4. The first-order valence-electron chi connectivity index (χ1n) is 6.64. The number of aliphatic hydroxyl groups is 1. The van der Waals surface area contributed by atoms with Gasteiger partial charge in [0.2, 0.25) is 0 Å². The molecule has 5 heteroatoms. The molecule has 0 radical (unpaired) electrons. The molecule has 5 nitrogen and oxygen atoms in total. The highest BCUT2D eigenvalue weighted by Gasteiger charge is 2.47. The van der Waals surface area contributed by atoms with Gasteiger partial charge >= 0.3 is 0 Å². The molecule has 1 aromatic carbocycles. The molecule has 3 rings (SSSR count). The van der Waals surface area contributed by atoms with Crippen molar-refractivity contribution in [1.82, 2.24) is 0 Å². The lowest BCUT2D eigenvalue weighted by Crippen LogP contribution is -2.36. The summed E-state index contributed by atoms with van der Waals surface area (Å²) >= 11 is 0. The van der Waals surface area contributed by atoms with Crippen molar-refractivity contribution in [3.05, 3.63) is 53.0 Å². The monoisotopic (exact) mass is 285 g/mol. The quantitative estimate of drug-likeness (QED) is 0.848. The zero-order valence-corrected chi connectivity index (χ0v) is 11.8. The first-order valence-corrected chi connectivity index (χ1v) is 6.64. The number of hydrogen-bond donors (Lipinski definition) is 2. The molecule has 1 aromatic heterocycles. The Kier molecular flexibility index (Phi) is 2.95. The van der Waals surface area contributed by atoms with E-state index in [1.54, 1.807) is 38.1 Å². The molecule has 1 atom stereocenters. The van der Waals surface area contributed by atoms with Crippen molar-refractivity contribution in [2.24, 2.45) is 0 Å². The Balaban J connectivity index is 1.98. The molecular weight excluding hydrogens is 270 g/mol. The Morgan fingerprint density at radius 2 is 2.05 bits per heavy atom. The highest BCUT2D eigenvalue weighted by Crippen LogP contribution is 2.39. The van der Waals surface area contributed by atoms with E-state index in [9.17, 15) is 14.7 Å². The molecule has 0 saturated carbocycles. The van der Waals surface area contributed by atoms with Gasteiger partial charge in [-0.3, -0.25) is 9.59 Å². The fourth-order valence-corrected chi connectivity index (χ4v) is 2.79. The van der Waals surface area contributed by atoms with Gasteiger partial charge in [-0.25, -0.2) is 0 Å². The minimum atomic E-state index is -1.83. The van der Waals surface area contributed by atoms with Gasteiger partial charge in [0.15, 0.2) is 11.4 Å². The van der Waals surface area contributed by atoms with E-state index < -0.39 is 11.5 Å². The van der Waals surface area contributed by atoms with Crippen LogP contribution in [0.3, 0.4) is 0 Å². The molecule has 1 amide bonds. The first kappa shape index (κ1) is 13.6. The molecule has 2 N–H and O–H groups in total. The number of benzene rings is 1. The molecule has 108 valence electrons. The predicted molar refractivity (Wildman–Crippen MR) is 76.1 cm³/mol. The number of amides is 1. The Bertz CT molecular complexity index is 727. The van der Waals surface area contributed by atoms with Gasteiger partial charge in [0.1, 0.15) is 5.76 Å². The van der Waals surface area contributed by atoms with E-state index in [1.165, 1.54) is 6.26 Å². The first-order chi connectivity index (χ1) is 9.93. The van der Waals surface area contributed by atoms with Gasteiger partial charge in [-0.1, -0.05) is 18.2 Å². The molecule has 1 unspecified atom stereocenters. The lowest BCUT2D eigenvalue weighted by molar-refractivity contribution is -0.133. The van der Waals surface area contributed by atoms with Gasteiger partial charge in [0, 0.05) is 11.3 Å².